The Labute approximate surface area is 127 Å². The lowest BCUT2D eigenvalue weighted by Crippen LogP contribution is -2.61. The summed E-state index contributed by atoms with van der Waals surface area (Å²) in [4.78, 5) is 0.284. The van der Waals surface area contributed by atoms with Gasteiger partial charge in [-0.15, -0.1) is 0 Å². The molecule has 1 aromatic rings. The van der Waals surface area contributed by atoms with Gasteiger partial charge in [-0.05, 0) is 44.5 Å². The van der Waals surface area contributed by atoms with E-state index in [1.165, 1.54) is 0 Å². The van der Waals surface area contributed by atoms with E-state index in [-0.39, 0.29) is 22.4 Å². The highest BCUT2D eigenvalue weighted by atomic mass is 32.2. The summed E-state index contributed by atoms with van der Waals surface area (Å²) in [6.45, 7) is 7.89. The molecule has 118 valence electrons. The van der Waals surface area contributed by atoms with E-state index in [4.69, 9.17) is 5.73 Å². The van der Waals surface area contributed by atoms with Crippen LogP contribution in [0.1, 0.15) is 34.1 Å². The van der Waals surface area contributed by atoms with Crippen LogP contribution in [-0.4, -0.2) is 26.5 Å². The highest BCUT2D eigenvalue weighted by Crippen LogP contribution is 2.40. The Morgan fingerprint density at radius 3 is 2.24 bits per heavy atom. The molecule has 4 N–H and O–H groups in total. The number of hydrogen-bond donors (Lipinski definition) is 3. The van der Waals surface area contributed by atoms with Gasteiger partial charge in [-0.3, -0.25) is 0 Å². The predicted molar refractivity (Wildman–Crippen MR) is 85.7 cm³/mol. The fraction of sp³-hybridized carbons (Fsp3) is 0.600. The molecule has 21 heavy (non-hydrogen) atoms. The van der Waals surface area contributed by atoms with Gasteiger partial charge < -0.3 is 11.1 Å². The first-order valence-electron chi connectivity index (χ1n) is 7.27. The summed E-state index contributed by atoms with van der Waals surface area (Å²) in [6, 6.07) is 7.26. The summed E-state index contributed by atoms with van der Waals surface area (Å²) in [7, 11) is -3.43. The van der Waals surface area contributed by atoms with E-state index in [0.29, 0.717) is 6.04 Å². The molecule has 1 aliphatic rings. The summed E-state index contributed by atoms with van der Waals surface area (Å²) >= 11 is 0. The molecule has 0 spiro atoms. The quantitative estimate of drug-likeness (QED) is 0.775. The second kappa shape index (κ2) is 5.59. The summed E-state index contributed by atoms with van der Waals surface area (Å²) in [6.07, 6.45) is 0.932. The van der Waals surface area contributed by atoms with Crippen LogP contribution in [0.15, 0.2) is 29.2 Å². The van der Waals surface area contributed by atoms with Gasteiger partial charge in [0.05, 0.1) is 4.90 Å². The number of nitrogens with one attached hydrogen (secondary N) is 2. The van der Waals surface area contributed by atoms with Gasteiger partial charge in [0.2, 0.25) is 10.0 Å². The van der Waals surface area contributed by atoms with Crippen molar-refractivity contribution in [3.63, 3.8) is 0 Å². The second-order valence-corrected chi connectivity index (χ2v) is 8.37. The van der Waals surface area contributed by atoms with Gasteiger partial charge in [-0.25, -0.2) is 13.1 Å². The minimum atomic E-state index is -3.43. The average molecular weight is 311 g/mol. The molecule has 0 heterocycles. The zero-order valence-corrected chi connectivity index (χ0v) is 13.9. The number of rotatable bonds is 5. The second-order valence-electron chi connectivity index (χ2n) is 6.66. The third kappa shape index (κ3) is 3.39. The van der Waals surface area contributed by atoms with Crippen molar-refractivity contribution in [1.29, 1.82) is 0 Å². The average Bonchev–Trinajstić information content (AvgIpc) is 2.37. The van der Waals surface area contributed by atoms with Gasteiger partial charge in [0, 0.05) is 29.2 Å². The lowest BCUT2D eigenvalue weighted by molar-refractivity contribution is 0.117. The Bertz CT molecular complexity index is 594. The van der Waals surface area contributed by atoms with Gasteiger partial charge in [-0.2, -0.15) is 0 Å². The molecule has 0 bridgehead atoms. The van der Waals surface area contributed by atoms with E-state index < -0.39 is 10.0 Å². The number of sulfonamides is 1. The molecule has 1 saturated carbocycles. The maximum atomic E-state index is 12.0. The largest absolute Gasteiger partial charge is 0.382 e. The van der Waals surface area contributed by atoms with Crippen molar-refractivity contribution in [2.75, 3.05) is 5.32 Å². The predicted octanol–water partition coefficient (Wildman–Crippen LogP) is 1.91. The van der Waals surface area contributed by atoms with E-state index in [2.05, 4.69) is 23.9 Å². The summed E-state index contributed by atoms with van der Waals surface area (Å²) in [5.74, 6) is 0. The highest BCUT2D eigenvalue weighted by molar-refractivity contribution is 7.89. The van der Waals surface area contributed by atoms with Crippen LogP contribution in [0, 0.1) is 5.41 Å². The van der Waals surface area contributed by atoms with Crippen LogP contribution in [0.25, 0.3) is 0 Å². The summed E-state index contributed by atoms with van der Waals surface area (Å²) in [5, 5.41) is 3.42. The molecule has 6 heteroatoms. The first-order chi connectivity index (χ1) is 9.63. The van der Waals surface area contributed by atoms with Gasteiger partial charge >= 0.3 is 0 Å². The molecule has 0 amide bonds. The Balaban J connectivity index is 2.07. The molecule has 2 atom stereocenters. The van der Waals surface area contributed by atoms with Gasteiger partial charge in [-0.1, -0.05) is 13.8 Å². The van der Waals surface area contributed by atoms with E-state index in [1.807, 2.05) is 0 Å². The molecular formula is C15H25N3O2S. The number of nitrogens with two attached hydrogens (primary N) is 1. The van der Waals surface area contributed by atoms with Crippen LogP contribution in [-0.2, 0) is 10.0 Å². The van der Waals surface area contributed by atoms with Crippen LogP contribution >= 0.6 is 0 Å². The smallest absolute Gasteiger partial charge is 0.240 e. The van der Waals surface area contributed by atoms with Crippen LogP contribution in [0.4, 0.5) is 5.69 Å². The van der Waals surface area contributed by atoms with E-state index in [0.717, 1.165) is 12.1 Å². The minimum absolute atomic E-state index is 0.0595. The maximum absolute atomic E-state index is 12.0. The molecule has 0 aliphatic heterocycles. The number of hydrogen-bond acceptors (Lipinski definition) is 4. The first-order valence-corrected chi connectivity index (χ1v) is 8.76. The van der Waals surface area contributed by atoms with Crippen molar-refractivity contribution < 1.29 is 8.42 Å². The highest BCUT2D eigenvalue weighted by Gasteiger charge is 2.45. The Morgan fingerprint density at radius 1 is 1.24 bits per heavy atom. The zero-order valence-electron chi connectivity index (χ0n) is 13.1. The summed E-state index contributed by atoms with van der Waals surface area (Å²) in [5.41, 5.74) is 6.98. The lowest BCUT2D eigenvalue weighted by atomic mass is 9.63. The molecule has 2 unspecified atom stereocenters. The van der Waals surface area contributed by atoms with Crippen molar-refractivity contribution >= 4 is 15.7 Å². The third-order valence-corrected chi connectivity index (χ3v) is 5.91. The fourth-order valence-corrected chi connectivity index (χ4v) is 3.77. The van der Waals surface area contributed by atoms with Gasteiger partial charge in [0.1, 0.15) is 0 Å². The van der Waals surface area contributed by atoms with Crippen molar-refractivity contribution in [2.24, 2.45) is 11.1 Å². The van der Waals surface area contributed by atoms with Crippen molar-refractivity contribution in [3.8, 4) is 0 Å². The van der Waals surface area contributed by atoms with E-state index in [9.17, 15) is 8.42 Å². The van der Waals surface area contributed by atoms with Crippen molar-refractivity contribution in [3.05, 3.63) is 24.3 Å². The number of benzene rings is 1. The van der Waals surface area contributed by atoms with Crippen LogP contribution in [0.2, 0.25) is 0 Å². The monoisotopic (exact) mass is 311 g/mol. The van der Waals surface area contributed by atoms with Crippen LogP contribution < -0.4 is 15.8 Å². The van der Waals surface area contributed by atoms with E-state index >= 15 is 0 Å². The topological polar surface area (TPSA) is 84.2 Å². The molecule has 0 saturated heterocycles. The third-order valence-electron chi connectivity index (χ3n) is 4.24. The van der Waals surface area contributed by atoms with Crippen LogP contribution in [0.5, 0.6) is 0 Å². The lowest BCUT2D eigenvalue weighted by Gasteiger charge is -2.51. The molecule has 0 radical (unpaired) electrons. The Hall–Kier alpha value is -1.11. The first kappa shape index (κ1) is 16.3. The molecule has 2 rings (SSSR count). The fourth-order valence-electron chi connectivity index (χ4n) is 2.51. The molecule has 5 nitrogen and oxygen atoms in total. The minimum Gasteiger partial charge on any atom is -0.382 e. The Morgan fingerprint density at radius 2 is 1.81 bits per heavy atom. The van der Waals surface area contributed by atoms with Crippen LogP contribution in [0.3, 0.4) is 0 Å². The van der Waals surface area contributed by atoms with Gasteiger partial charge in [0.15, 0.2) is 0 Å². The normalized spacial score (nSPS) is 24.7. The Kier molecular flexibility index (Phi) is 4.33. The van der Waals surface area contributed by atoms with E-state index in [1.54, 1.807) is 38.1 Å². The number of anilines is 1. The summed E-state index contributed by atoms with van der Waals surface area (Å²) < 4.78 is 26.7. The standard InChI is InChI=1S/C15H25N3O2S/c1-10(2)18-21(19,20)12-7-5-11(6-8-12)17-14-9-13(16)15(14,3)4/h5-8,10,13-14,17-18H,9,16H2,1-4H3. The molecular weight excluding hydrogens is 286 g/mol. The maximum Gasteiger partial charge on any atom is 0.240 e. The molecule has 1 fully saturated rings. The van der Waals surface area contributed by atoms with Crippen molar-refractivity contribution in [1.82, 2.24) is 4.72 Å². The zero-order chi connectivity index (χ0) is 15.8. The van der Waals surface area contributed by atoms with Gasteiger partial charge in [0.25, 0.3) is 0 Å². The molecule has 1 aromatic carbocycles. The SMILES string of the molecule is CC(C)NS(=O)(=O)c1ccc(NC2CC(N)C2(C)C)cc1. The van der Waals surface area contributed by atoms with Crippen molar-refractivity contribution in [2.45, 2.75) is 57.1 Å². The molecule has 0 aromatic heterocycles. The molecule has 1 aliphatic carbocycles.